The van der Waals surface area contributed by atoms with Crippen LogP contribution in [0, 0.1) is 18.6 Å². The largest absolute Gasteiger partial charge is 0.439 e. The molecule has 1 aromatic heterocycles. The fourth-order valence-corrected chi connectivity index (χ4v) is 4.06. The molecular weight excluding hydrogens is 456 g/mol. The van der Waals surface area contributed by atoms with Gasteiger partial charge in [0.2, 0.25) is 11.3 Å². The van der Waals surface area contributed by atoms with Crippen LogP contribution in [-0.2, 0) is 11.9 Å². The van der Waals surface area contributed by atoms with Crippen LogP contribution < -0.4 is 4.74 Å². The van der Waals surface area contributed by atoms with Crippen LogP contribution in [-0.4, -0.2) is 21.7 Å². The fraction of sp³-hybridized carbons (Fsp3) is 0.154. The van der Waals surface area contributed by atoms with Crippen molar-refractivity contribution in [2.75, 3.05) is 6.26 Å². The highest BCUT2D eigenvalue weighted by Crippen LogP contribution is 2.33. The molecule has 0 spiro atoms. The Labute approximate surface area is 201 Å². The van der Waals surface area contributed by atoms with E-state index in [0.717, 1.165) is 11.6 Å². The molecule has 0 saturated heterocycles. The summed E-state index contributed by atoms with van der Waals surface area (Å²) in [6.45, 7) is 1.86. The molecule has 0 aliphatic rings. The van der Waals surface area contributed by atoms with Gasteiger partial charge in [-0.1, -0.05) is 53.7 Å². The molecule has 0 radical (unpaired) electrons. The molecule has 0 aliphatic heterocycles. The number of rotatable bonds is 8. The molecule has 0 bridgehead atoms. The fourth-order valence-electron chi connectivity index (χ4n) is 3.49. The number of aryl methyl sites for hydroxylation is 2. The number of halogens is 2. The van der Waals surface area contributed by atoms with Crippen LogP contribution in [0.4, 0.5) is 8.78 Å². The molecule has 8 heteroatoms. The molecule has 4 rings (SSSR count). The molecule has 1 heterocycles. The molecule has 3 aromatic carbocycles. The van der Waals surface area contributed by atoms with Gasteiger partial charge in [-0.05, 0) is 37.4 Å². The van der Waals surface area contributed by atoms with Gasteiger partial charge in [-0.15, -0.1) is 11.8 Å². The molecule has 174 valence electrons. The highest BCUT2D eigenvalue weighted by atomic mass is 32.2. The zero-order chi connectivity index (χ0) is 24.1. The third-order valence-electron chi connectivity index (χ3n) is 5.08. The lowest BCUT2D eigenvalue weighted by molar-refractivity contribution is 0.120. The molecule has 0 N–H and O–H groups in total. The predicted octanol–water partition coefficient (Wildman–Crippen LogP) is 6.63. The maximum absolute atomic E-state index is 14.4. The van der Waals surface area contributed by atoms with Crippen molar-refractivity contribution in [3.05, 3.63) is 113 Å². The summed E-state index contributed by atoms with van der Waals surface area (Å²) in [5.41, 5.74) is 2.02. The summed E-state index contributed by atoms with van der Waals surface area (Å²) in [7, 11) is 1.79. The van der Waals surface area contributed by atoms with Crippen LogP contribution in [0.1, 0.15) is 27.8 Å². The SMILES string of the molecule is CSC(ON=C(c1ccccc1)c1c(C)nn(C)c1Oc1ccccc1)c1ccc(F)cc1F. The Bertz CT molecular complexity index is 1290. The summed E-state index contributed by atoms with van der Waals surface area (Å²) >= 11 is 1.25. The second-order valence-electron chi connectivity index (χ2n) is 7.45. The van der Waals surface area contributed by atoms with E-state index < -0.39 is 17.1 Å². The number of hydrogen-bond acceptors (Lipinski definition) is 5. The van der Waals surface area contributed by atoms with E-state index in [1.54, 1.807) is 18.0 Å². The van der Waals surface area contributed by atoms with E-state index in [2.05, 4.69) is 10.3 Å². The van der Waals surface area contributed by atoms with E-state index in [0.29, 0.717) is 28.6 Å². The van der Waals surface area contributed by atoms with Gasteiger partial charge in [0.1, 0.15) is 23.1 Å². The lowest BCUT2D eigenvalue weighted by Gasteiger charge is -2.16. The molecule has 4 aromatic rings. The molecule has 0 amide bonds. The van der Waals surface area contributed by atoms with E-state index in [1.165, 1.54) is 23.9 Å². The number of oxime groups is 1. The Morgan fingerprint density at radius 2 is 1.68 bits per heavy atom. The van der Waals surface area contributed by atoms with Gasteiger partial charge in [0.25, 0.3) is 0 Å². The topological polar surface area (TPSA) is 48.6 Å². The average Bonchev–Trinajstić information content (AvgIpc) is 3.11. The van der Waals surface area contributed by atoms with Gasteiger partial charge in [-0.25, -0.2) is 13.5 Å². The first-order valence-corrected chi connectivity index (χ1v) is 11.8. The Morgan fingerprint density at radius 3 is 2.32 bits per heavy atom. The number of ether oxygens (including phenoxy) is 1. The van der Waals surface area contributed by atoms with E-state index in [1.807, 2.05) is 67.6 Å². The summed E-state index contributed by atoms with van der Waals surface area (Å²) in [5.74, 6) is -0.205. The molecule has 0 saturated carbocycles. The van der Waals surface area contributed by atoms with Crippen molar-refractivity contribution in [3.8, 4) is 11.6 Å². The minimum atomic E-state index is -0.783. The van der Waals surface area contributed by atoms with Gasteiger partial charge in [0.05, 0.1) is 11.3 Å². The van der Waals surface area contributed by atoms with Crippen molar-refractivity contribution in [2.24, 2.45) is 12.2 Å². The number of nitrogens with zero attached hydrogens (tertiary/aromatic N) is 3. The summed E-state index contributed by atoms with van der Waals surface area (Å²) in [4.78, 5) is 5.83. The highest BCUT2D eigenvalue weighted by molar-refractivity contribution is 7.98. The smallest absolute Gasteiger partial charge is 0.227 e. The molecular formula is C26H23F2N3O2S. The van der Waals surface area contributed by atoms with Gasteiger partial charge in [-0.2, -0.15) is 5.10 Å². The normalized spacial score (nSPS) is 12.4. The van der Waals surface area contributed by atoms with Crippen LogP contribution in [0.5, 0.6) is 11.6 Å². The molecule has 1 atom stereocenters. The second-order valence-corrected chi connectivity index (χ2v) is 8.35. The minimum absolute atomic E-state index is 0.203. The van der Waals surface area contributed by atoms with Gasteiger partial charge >= 0.3 is 0 Å². The average molecular weight is 480 g/mol. The van der Waals surface area contributed by atoms with Crippen molar-refractivity contribution in [2.45, 2.75) is 12.4 Å². The van der Waals surface area contributed by atoms with Crippen molar-refractivity contribution in [3.63, 3.8) is 0 Å². The minimum Gasteiger partial charge on any atom is -0.439 e. The summed E-state index contributed by atoms with van der Waals surface area (Å²) in [6.07, 6.45) is 1.77. The zero-order valence-corrected chi connectivity index (χ0v) is 19.7. The lowest BCUT2D eigenvalue weighted by Crippen LogP contribution is -2.09. The number of aromatic nitrogens is 2. The predicted molar refractivity (Wildman–Crippen MR) is 130 cm³/mol. The maximum atomic E-state index is 14.4. The first-order chi connectivity index (χ1) is 16.5. The molecule has 34 heavy (non-hydrogen) atoms. The highest BCUT2D eigenvalue weighted by Gasteiger charge is 2.24. The van der Waals surface area contributed by atoms with E-state index in [4.69, 9.17) is 9.57 Å². The van der Waals surface area contributed by atoms with Crippen LogP contribution in [0.25, 0.3) is 0 Å². The van der Waals surface area contributed by atoms with Crippen LogP contribution >= 0.6 is 11.8 Å². The Hall–Kier alpha value is -3.65. The first-order valence-electron chi connectivity index (χ1n) is 10.5. The number of hydrogen-bond donors (Lipinski definition) is 0. The van der Waals surface area contributed by atoms with Crippen LogP contribution in [0.15, 0.2) is 84.0 Å². The first kappa shape index (κ1) is 23.5. The monoisotopic (exact) mass is 479 g/mol. The van der Waals surface area contributed by atoms with Crippen molar-refractivity contribution in [1.29, 1.82) is 0 Å². The van der Waals surface area contributed by atoms with Gasteiger partial charge in [-0.3, -0.25) is 0 Å². The van der Waals surface area contributed by atoms with E-state index in [9.17, 15) is 8.78 Å². The number of thioether (sulfide) groups is 1. The summed E-state index contributed by atoms with van der Waals surface area (Å²) in [5, 5.41) is 8.99. The maximum Gasteiger partial charge on any atom is 0.227 e. The second kappa shape index (κ2) is 10.5. The Balaban J connectivity index is 1.78. The third kappa shape index (κ3) is 5.12. The zero-order valence-electron chi connectivity index (χ0n) is 18.9. The van der Waals surface area contributed by atoms with Crippen molar-refractivity contribution < 1.29 is 18.4 Å². The molecule has 0 aliphatic carbocycles. The van der Waals surface area contributed by atoms with Crippen molar-refractivity contribution in [1.82, 2.24) is 9.78 Å². The molecule has 0 fully saturated rings. The Kier molecular flexibility index (Phi) is 7.27. The number of benzene rings is 3. The summed E-state index contributed by atoms with van der Waals surface area (Å²) < 4.78 is 35.6. The van der Waals surface area contributed by atoms with Crippen LogP contribution in [0.2, 0.25) is 0 Å². The number of para-hydroxylation sites is 1. The van der Waals surface area contributed by atoms with Crippen LogP contribution in [0.3, 0.4) is 0 Å². The Morgan fingerprint density at radius 1 is 1.00 bits per heavy atom. The third-order valence-corrected chi connectivity index (χ3v) is 5.85. The quantitative estimate of drug-likeness (QED) is 0.162. The van der Waals surface area contributed by atoms with E-state index in [-0.39, 0.29) is 5.56 Å². The molecule has 1 unspecified atom stereocenters. The van der Waals surface area contributed by atoms with Gasteiger partial charge in [0.15, 0.2) is 0 Å². The van der Waals surface area contributed by atoms with Gasteiger partial charge in [0, 0.05) is 24.2 Å². The molecule has 5 nitrogen and oxygen atoms in total. The van der Waals surface area contributed by atoms with Gasteiger partial charge < -0.3 is 9.57 Å². The van der Waals surface area contributed by atoms with Crippen molar-refractivity contribution >= 4 is 17.5 Å². The van der Waals surface area contributed by atoms with E-state index >= 15 is 0 Å². The lowest BCUT2D eigenvalue weighted by atomic mass is 10.0. The standard InChI is InChI=1S/C26H23F2N3O2S/c1-17-23(25(31(2)29-17)32-20-12-8-5-9-13-20)24(18-10-6-4-7-11-18)30-33-26(34-3)21-15-14-19(27)16-22(21)28/h4-16,26H,1-3H3. The summed E-state index contributed by atoms with van der Waals surface area (Å²) in [6, 6.07) is 22.2.